The van der Waals surface area contributed by atoms with Crippen LogP contribution in [0, 0.1) is 0 Å². The molecule has 1 aromatic carbocycles. The van der Waals surface area contributed by atoms with Crippen molar-refractivity contribution in [1.29, 1.82) is 0 Å². The number of benzene rings is 1. The third kappa shape index (κ3) is 4.56. The number of aliphatic hydroxyl groups is 2. The zero-order valence-corrected chi connectivity index (χ0v) is 11.9. The third-order valence-corrected chi connectivity index (χ3v) is 4.00. The van der Waals surface area contributed by atoms with Crippen molar-refractivity contribution >= 4 is 0 Å². The van der Waals surface area contributed by atoms with Crippen LogP contribution in [0.2, 0.25) is 0 Å². The Balaban J connectivity index is 1.64. The van der Waals surface area contributed by atoms with Gasteiger partial charge in [0.05, 0.1) is 25.9 Å². The van der Waals surface area contributed by atoms with E-state index in [2.05, 4.69) is 5.32 Å². The maximum absolute atomic E-state index is 9.93. The molecule has 20 heavy (non-hydrogen) atoms. The predicted octanol–water partition coefficient (Wildman–Crippen LogP) is 1.46. The molecule has 0 bridgehead atoms. The van der Waals surface area contributed by atoms with Crippen molar-refractivity contribution in [3.63, 3.8) is 0 Å². The topological polar surface area (TPSA) is 61.7 Å². The lowest BCUT2D eigenvalue weighted by molar-refractivity contribution is 0.0220. The van der Waals surface area contributed by atoms with E-state index in [1.54, 1.807) is 0 Å². The lowest BCUT2D eigenvalue weighted by atomic mass is 9.99. The van der Waals surface area contributed by atoms with Gasteiger partial charge < -0.3 is 20.3 Å². The van der Waals surface area contributed by atoms with E-state index in [-0.39, 0.29) is 12.1 Å². The molecule has 112 valence electrons. The fourth-order valence-electron chi connectivity index (χ4n) is 2.72. The fraction of sp³-hybridized carbons (Fsp3) is 0.625. The molecular formula is C16H25NO3. The number of β-amino-alcohol motifs (C(OH)–C–C–N with tert-alkyl or cyclic N) is 1. The minimum Gasteiger partial charge on any atom is -0.394 e. The zero-order chi connectivity index (χ0) is 14.3. The summed E-state index contributed by atoms with van der Waals surface area (Å²) in [5, 5.41) is 22.7. The van der Waals surface area contributed by atoms with Gasteiger partial charge in [-0.2, -0.15) is 0 Å². The van der Waals surface area contributed by atoms with Crippen molar-refractivity contribution in [2.24, 2.45) is 0 Å². The lowest BCUT2D eigenvalue weighted by Gasteiger charge is -2.29. The molecule has 0 radical (unpaired) electrons. The van der Waals surface area contributed by atoms with Gasteiger partial charge in [-0.05, 0) is 18.4 Å². The molecule has 0 saturated heterocycles. The first-order valence-corrected chi connectivity index (χ1v) is 7.40. The van der Waals surface area contributed by atoms with Crippen LogP contribution in [0.4, 0.5) is 0 Å². The molecule has 1 fully saturated rings. The molecule has 0 spiro atoms. The molecule has 0 aromatic heterocycles. The highest BCUT2D eigenvalue weighted by atomic mass is 16.5. The molecule has 1 atom stereocenters. The van der Waals surface area contributed by atoms with Crippen LogP contribution in [-0.2, 0) is 11.3 Å². The number of nitrogens with one attached hydrogen (secondary N) is 1. The Morgan fingerprint density at radius 3 is 2.55 bits per heavy atom. The Hall–Kier alpha value is -0.940. The Bertz CT molecular complexity index is 377. The Morgan fingerprint density at radius 2 is 1.90 bits per heavy atom. The first kappa shape index (κ1) is 15.4. The lowest BCUT2D eigenvalue weighted by Crippen LogP contribution is -2.49. The second-order valence-corrected chi connectivity index (χ2v) is 5.68. The summed E-state index contributed by atoms with van der Waals surface area (Å²) in [4.78, 5) is 0. The van der Waals surface area contributed by atoms with Gasteiger partial charge in [0.25, 0.3) is 0 Å². The normalized spacial score (nSPS) is 19.1. The van der Waals surface area contributed by atoms with Crippen LogP contribution >= 0.6 is 0 Å². The number of aliphatic hydroxyl groups excluding tert-OH is 2. The molecule has 1 aliphatic carbocycles. The van der Waals surface area contributed by atoms with Gasteiger partial charge in [-0.15, -0.1) is 0 Å². The molecule has 3 N–H and O–H groups in total. The first-order valence-electron chi connectivity index (χ1n) is 7.40. The van der Waals surface area contributed by atoms with Crippen molar-refractivity contribution in [2.45, 2.75) is 43.9 Å². The Morgan fingerprint density at radius 1 is 1.20 bits per heavy atom. The van der Waals surface area contributed by atoms with Crippen LogP contribution in [0.25, 0.3) is 0 Å². The van der Waals surface area contributed by atoms with E-state index in [0.717, 1.165) is 31.2 Å². The van der Waals surface area contributed by atoms with Crippen LogP contribution in [-0.4, -0.2) is 41.6 Å². The highest BCUT2D eigenvalue weighted by Crippen LogP contribution is 2.28. The average molecular weight is 279 g/mol. The van der Waals surface area contributed by atoms with E-state index in [0.29, 0.717) is 19.8 Å². The van der Waals surface area contributed by atoms with Crippen molar-refractivity contribution in [3.05, 3.63) is 35.9 Å². The summed E-state index contributed by atoms with van der Waals surface area (Å²) in [7, 11) is 0. The van der Waals surface area contributed by atoms with Gasteiger partial charge in [0.1, 0.15) is 0 Å². The molecule has 0 aliphatic heterocycles. The molecule has 4 nitrogen and oxygen atoms in total. The van der Waals surface area contributed by atoms with Crippen molar-refractivity contribution in [2.75, 3.05) is 19.8 Å². The van der Waals surface area contributed by atoms with E-state index >= 15 is 0 Å². The largest absolute Gasteiger partial charge is 0.394 e. The molecule has 1 aromatic rings. The van der Waals surface area contributed by atoms with Gasteiger partial charge in [-0.25, -0.2) is 0 Å². The smallest absolute Gasteiger partial charge is 0.0898 e. The molecule has 2 rings (SSSR count). The minimum absolute atomic E-state index is 0.143. The SMILES string of the molecule is OCC1(NCC(O)COCc2ccccc2)CCCC1. The summed E-state index contributed by atoms with van der Waals surface area (Å²) in [5.41, 5.74) is 0.927. The Kier molecular flexibility index (Phi) is 5.98. The quantitative estimate of drug-likeness (QED) is 0.674. The van der Waals surface area contributed by atoms with Crippen molar-refractivity contribution in [1.82, 2.24) is 5.32 Å². The van der Waals surface area contributed by atoms with E-state index < -0.39 is 6.10 Å². The standard InChI is InChI=1S/C16H25NO3/c18-13-16(8-4-5-9-16)17-10-15(19)12-20-11-14-6-2-1-3-7-14/h1-3,6-7,15,17-19H,4-5,8-13H2. The van der Waals surface area contributed by atoms with Gasteiger partial charge in [0.2, 0.25) is 0 Å². The molecule has 1 unspecified atom stereocenters. The number of hydrogen-bond acceptors (Lipinski definition) is 4. The summed E-state index contributed by atoms with van der Waals surface area (Å²) in [6, 6.07) is 9.93. The monoisotopic (exact) mass is 279 g/mol. The van der Waals surface area contributed by atoms with Gasteiger partial charge in [-0.3, -0.25) is 0 Å². The molecular weight excluding hydrogens is 254 g/mol. The van der Waals surface area contributed by atoms with Gasteiger partial charge in [0.15, 0.2) is 0 Å². The van der Waals surface area contributed by atoms with E-state index in [9.17, 15) is 10.2 Å². The number of hydrogen-bond donors (Lipinski definition) is 3. The number of rotatable bonds is 8. The maximum Gasteiger partial charge on any atom is 0.0898 e. The molecule has 4 heteroatoms. The van der Waals surface area contributed by atoms with Gasteiger partial charge >= 0.3 is 0 Å². The van der Waals surface area contributed by atoms with Gasteiger partial charge in [0, 0.05) is 12.1 Å². The number of ether oxygens (including phenoxy) is 1. The van der Waals surface area contributed by atoms with Crippen LogP contribution in [0.15, 0.2) is 30.3 Å². The summed E-state index contributed by atoms with van der Waals surface area (Å²) in [6.45, 7) is 1.44. The van der Waals surface area contributed by atoms with Crippen LogP contribution in [0.5, 0.6) is 0 Å². The Labute approximate surface area is 120 Å². The first-order chi connectivity index (χ1) is 9.74. The predicted molar refractivity (Wildman–Crippen MR) is 78.4 cm³/mol. The van der Waals surface area contributed by atoms with E-state index in [4.69, 9.17) is 4.74 Å². The summed E-state index contributed by atoms with van der Waals surface area (Å²) < 4.78 is 5.51. The maximum atomic E-state index is 9.93. The fourth-order valence-corrected chi connectivity index (χ4v) is 2.72. The van der Waals surface area contributed by atoms with Crippen LogP contribution < -0.4 is 5.32 Å². The molecule has 1 aliphatic rings. The van der Waals surface area contributed by atoms with Crippen molar-refractivity contribution < 1.29 is 14.9 Å². The summed E-state index contributed by atoms with van der Waals surface area (Å²) >= 11 is 0. The minimum atomic E-state index is -0.539. The molecule has 0 heterocycles. The van der Waals surface area contributed by atoms with E-state index in [1.807, 2.05) is 30.3 Å². The summed E-state index contributed by atoms with van der Waals surface area (Å²) in [5.74, 6) is 0. The zero-order valence-electron chi connectivity index (χ0n) is 11.9. The molecule has 1 saturated carbocycles. The highest BCUT2D eigenvalue weighted by Gasteiger charge is 2.32. The van der Waals surface area contributed by atoms with Gasteiger partial charge in [-0.1, -0.05) is 43.2 Å². The van der Waals surface area contributed by atoms with Crippen LogP contribution in [0.1, 0.15) is 31.2 Å². The molecule has 0 amide bonds. The highest BCUT2D eigenvalue weighted by molar-refractivity contribution is 5.13. The summed E-state index contributed by atoms with van der Waals surface area (Å²) in [6.07, 6.45) is 3.73. The third-order valence-electron chi connectivity index (χ3n) is 4.00. The average Bonchev–Trinajstić information content (AvgIpc) is 2.96. The van der Waals surface area contributed by atoms with Crippen molar-refractivity contribution in [3.8, 4) is 0 Å². The van der Waals surface area contributed by atoms with Crippen LogP contribution in [0.3, 0.4) is 0 Å². The second kappa shape index (κ2) is 7.74. The second-order valence-electron chi connectivity index (χ2n) is 5.68. The van der Waals surface area contributed by atoms with E-state index in [1.165, 1.54) is 0 Å².